The molecule has 0 aromatic carbocycles. The highest BCUT2D eigenvalue weighted by Gasteiger charge is 2.20. The molecule has 2 N–H and O–H groups in total. The Morgan fingerprint density at radius 1 is 1.44 bits per heavy atom. The number of hydrogen-bond acceptors (Lipinski definition) is 2. The molecule has 0 rings (SSSR count). The molecular weight excluding hydrogens is 116 g/mol. The minimum atomic E-state index is -0.491. The maximum Gasteiger partial charge on any atom is 0.0515 e. The van der Waals surface area contributed by atoms with Gasteiger partial charge in [0.25, 0.3) is 0 Å². The summed E-state index contributed by atoms with van der Waals surface area (Å²) in [6, 6.07) is 0. The van der Waals surface area contributed by atoms with Gasteiger partial charge in [-0.05, 0) is 0 Å². The molecule has 0 spiro atoms. The van der Waals surface area contributed by atoms with Gasteiger partial charge in [-0.2, -0.15) is 0 Å². The SMILES string of the molecule is C#CCC(C)(CO)CO. The lowest BCUT2D eigenvalue weighted by atomic mass is 9.89. The van der Waals surface area contributed by atoms with Crippen LogP contribution in [0.1, 0.15) is 13.3 Å². The Morgan fingerprint density at radius 3 is 2.00 bits per heavy atom. The maximum absolute atomic E-state index is 8.66. The molecule has 0 fully saturated rings. The van der Waals surface area contributed by atoms with Crippen LogP contribution < -0.4 is 0 Å². The monoisotopic (exact) mass is 128 g/mol. The second-order valence-electron chi connectivity index (χ2n) is 2.51. The molecule has 2 heteroatoms. The number of aliphatic hydroxyl groups excluding tert-OH is 2. The van der Waals surface area contributed by atoms with Crippen molar-refractivity contribution in [3.63, 3.8) is 0 Å². The molecule has 0 amide bonds. The van der Waals surface area contributed by atoms with Crippen LogP contribution in [0, 0.1) is 17.8 Å². The van der Waals surface area contributed by atoms with E-state index in [2.05, 4.69) is 5.92 Å². The van der Waals surface area contributed by atoms with Gasteiger partial charge in [-0.3, -0.25) is 0 Å². The summed E-state index contributed by atoms with van der Waals surface area (Å²) in [5, 5.41) is 17.3. The summed E-state index contributed by atoms with van der Waals surface area (Å²) >= 11 is 0. The zero-order valence-electron chi connectivity index (χ0n) is 5.59. The lowest BCUT2D eigenvalue weighted by Gasteiger charge is -2.20. The van der Waals surface area contributed by atoms with Gasteiger partial charge >= 0.3 is 0 Å². The summed E-state index contributed by atoms with van der Waals surface area (Å²) < 4.78 is 0. The zero-order valence-corrected chi connectivity index (χ0v) is 5.59. The van der Waals surface area contributed by atoms with Crippen LogP contribution in [0.5, 0.6) is 0 Å². The predicted octanol–water partition coefficient (Wildman–Crippen LogP) is 0.000600. The molecule has 0 aliphatic heterocycles. The fraction of sp³-hybridized carbons (Fsp3) is 0.714. The van der Waals surface area contributed by atoms with E-state index in [-0.39, 0.29) is 13.2 Å². The lowest BCUT2D eigenvalue weighted by molar-refractivity contribution is 0.0744. The Morgan fingerprint density at radius 2 is 1.89 bits per heavy atom. The van der Waals surface area contributed by atoms with E-state index in [9.17, 15) is 0 Å². The number of terminal acetylenes is 1. The van der Waals surface area contributed by atoms with Crippen molar-refractivity contribution in [3.05, 3.63) is 0 Å². The summed E-state index contributed by atoms with van der Waals surface area (Å²) in [7, 11) is 0. The van der Waals surface area contributed by atoms with Gasteiger partial charge in [-0.1, -0.05) is 6.92 Å². The van der Waals surface area contributed by atoms with Crippen LogP contribution in [0.2, 0.25) is 0 Å². The first-order valence-corrected chi connectivity index (χ1v) is 2.84. The molecule has 0 aromatic heterocycles. The van der Waals surface area contributed by atoms with Gasteiger partial charge in [0, 0.05) is 11.8 Å². The normalized spacial score (nSPS) is 10.9. The van der Waals surface area contributed by atoms with E-state index in [1.165, 1.54) is 0 Å². The molecule has 0 aliphatic carbocycles. The molecule has 0 heterocycles. The number of hydrogen-bond donors (Lipinski definition) is 2. The predicted molar refractivity (Wildman–Crippen MR) is 35.7 cm³/mol. The molecule has 2 nitrogen and oxygen atoms in total. The van der Waals surface area contributed by atoms with Crippen LogP contribution in [-0.2, 0) is 0 Å². The molecular formula is C7H12O2. The van der Waals surface area contributed by atoms with Crippen molar-refractivity contribution in [1.82, 2.24) is 0 Å². The molecule has 52 valence electrons. The second-order valence-corrected chi connectivity index (χ2v) is 2.51. The topological polar surface area (TPSA) is 40.5 Å². The molecule has 0 aliphatic rings. The number of rotatable bonds is 3. The van der Waals surface area contributed by atoms with E-state index in [0.717, 1.165) is 0 Å². The summed E-state index contributed by atoms with van der Waals surface area (Å²) in [5.74, 6) is 2.39. The minimum absolute atomic E-state index is 0.0618. The van der Waals surface area contributed by atoms with Crippen molar-refractivity contribution < 1.29 is 10.2 Å². The van der Waals surface area contributed by atoms with E-state index in [0.29, 0.717) is 6.42 Å². The summed E-state index contributed by atoms with van der Waals surface area (Å²) in [6.07, 6.45) is 5.41. The van der Waals surface area contributed by atoms with Crippen LogP contribution in [0.25, 0.3) is 0 Å². The first-order valence-electron chi connectivity index (χ1n) is 2.84. The van der Waals surface area contributed by atoms with Crippen LogP contribution in [0.15, 0.2) is 0 Å². The van der Waals surface area contributed by atoms with Gasteiger partial charge in [0.1, 0.15) is 0 Å². The summed E-state index contributed by atoms with van der Waals surface area (Å²) in [4.78, 5) is 0. The van der Waals surface area contributed by atoms with Crippen molar-refractivity contribution in [2.24, 2.45) is 5.41 Å². The van der Waals surface area contributed by atoms with Gasteiger partial charge in [-0.25, -0.2) is 0 Å². The first kappa shape index (κ1) is 8.48. The molecule has 0 radical (unpaired) electrons. The largest absolute Gasteiger partial charge is 0.396 e. The third-order valence-corrected chi connectivity index (χ3v) is 1.29. The highest BCUT2D eigenvalue weighted by molar-refractivity contribution is 4.92. The van der Waals surface area contributed by atoms with Crippen molar-refractivity contribution in [1.29, 1.82) is 0 Å². The van der Waals surface area contributed by atoms with E-state index < -0.39 is 5.41 Å². The van der Waals surface area contributed by atoms with Crippen LogP contribution >= 0.6 is 0 Å². The van der Waals surface area contributed by atoms with E-state index in [4.69, 9.17) is 16.6 Å². The molecule has 0 saturated heterocycles. The van der Waals surface area contributed by atoms with Crippen molar-refractivity contribution in [2.45, 2.75) is 13.3 Å². The summed E-state index contributed by atoms with van der Waals surface area (Å²) in [5.41, 5.74) is -0.491. The molecule has 0 unspecified atom stereocenters. The average Bonchev–Trinajstić information content (AvgIpc) is 1.89. The Bertz CT molecular complexity index is 109. The maximum atomic E-state index is 8.66. The molecule has 0 bridgehead atoms. The quantitative estimate of drug-likeness (QED) is 0.525. The zero-order chi connectivity index (χ0) is 7.33. The van der Waals surface area contributed by atoms with Gasteiger partial charge in [-0.15, -0.1) is 12.3 Å². The third kappa shape index (κ3) is 2.50. The second kappa shape index (κ2) is 3.49. The van der Waals surface area contributed by atoms with Crippen LogP contribution in [0.4, 0.5) is 0 Å². The number of aliphatic hydroxyl groups is 2. The van der Waals surface area contributed by atoms with Crippen LogP contribution in [0.3, 0.4) is 0 Å². The Kier molecular flexibility index (Phi) is 3.29. The van der Waals surface area contributed by atoms with Gasteiger partial charge in [0.15, 0.2) is 0 Å². The fourth-order valence-electron chi connectivity index (χ4n) is 0.408. The highest BCUT2D eigenvalue weighted by atomic mass is 16.3. The standard InChI is InChI=1S/C7H12O2/c1-3-4-7(2,5-8)6-9/h1,8-9H,4-6H2,2H3. The van der Waals surface area contributed by atoms with E-state index in [1.807, 2.05) is 0 Å². The van der Waals surface area contributed by atoms with Gasteiger partial charge in [0.05, 0.1) is 13.2 Å². The van der Waals surface area contributed by atoms with Crippen LogP contribution in [-0.4, -0.2) is 23.4 Å². The van der Waals surface area contributed by atoms with Crippen molar-refractivity contribution >= 4 is 0 Å². The van der Waals surface area contributed by atoms with Gasteiger partial charge < -0.3 is 10.2 Å². The first-order chi connectivity index (χ1) is 4.18. The van der Waals surface area contributed by atoms with Crippen molar-refractivity contribution in [3.8, 4) is 12.3 Å². The van der Waals surface area contributed by atoms with Crippen molar-refractivity contribution in [2.75, 3.05) is 13.2 Å². The van der Waals surface area contributed by atoms with E-state index in [1.54, 1.807) is 6.92 Å². The molecule has 0 aromatic rings. The Labute approximate surface area is 55.5 Å². The lowest BCUT2D eigenvalue weighted by Crippen LogP contribution is -2.25. The third-order valence-electron chi connectivity index (χ3n) is 1.29. The Hall–Kier alpha value is -0.520. The van der Waals surface area contributed by atoms with Gasteiger partial charge in [0.2, 0.25) is 0 Å². The molecule has 9 heavy (non-hydrogen) atoms. The molecule has 0 atom stereocenters. The molecule has 0 saturated carbocycles. The summed E-state index contributed by atoms with van der Waals surface area (Å²) in [6.45, 7) is 1.62. The van der Waals surface area contributed by atoms with E-state index >= 15 is 0 Å². The average molecular weight is 128 g/mol. The Balaban J connectivity index is 3.80. The smallest absolute Gasteiger partial charge is 0.0515 e. The fourth-order valence-corrected chi connectivity index (χ4v) is 0.408. The highest BCUT2D eigenvalue weighted by Crippen LogP contribution is 2.17. The minimum Gasteiger partial charge on any atom is -0.396 e.